The molecule has 1 N–H and O–H groups in total. The largest absolute Gasteiger partial charge is 0.360 e. The quantitative estimate of drug-likeness (QED) is 0.683. The molecule has 1 aliphatic rings. The third-order valence-corrected chi connectivity index (χ3v) is 5.11. The summed E-state index contributed by atoms with van der Waals surface area (Å²) in [6.45, 7) is 3.54. The van der Waals surface area contributed by atoms with Gasteiger partial charge in [0.15, 0.2) is 0 Å². The summed E-state index contributed by atoms with van der Waals surface area (Å²) in [4.78, 5) is 27.5. The first-order chi connectivity index (χ1) is 13.5. The molecule has 28 heavy (non-hydrogen) atoms. The van der Waals surface area contributed by atoms with E-state index in [9.17, 15) is 9.59 Å². The van der Waals surface area contributed by atoms with Crippen molar-refractivity contribution in [3.8, 4) is 11.3 Å². The van der Waals surface area contributed by atoms with Crippen molar-refractivity contribution in [3.05, 3.63) is 64.9 Å². The van der Waals surface area contributed by atoms with Crippen LogP contribution in [0.3, 0.4) is 0 Å². The van der Waals surface area contributed by atoms with Crippen LogP contribution in [0.4, 0.5) is 11.4 Å². The zero-order valence-corrected chi connectivity index (χ0v) is 16.2. The van der Waals surface area contributed by atoms with E-state index in [1.54, 1.807) is 30.0 Å². The molecule has 0 unspecified atom stereocenters. The van der Waals surface area contributed by atoms with Crippen LogP contribution in [-0.4, -0.2) is 23.0 Å². The molecule has 142 valence electrons. The van der Waals surface area contributed by atoms with E-state index in [1.165, 1.54) is 0 Å². The highest BCUT2D eigenvalue weighted by molar-refractivity contribution is 6.33. The molecule has 3 aromatic rings. The Balaban J connectivity index is 1.86. The van der Waals surface area contributed by atoms with Crippen molar-refractivity contribution >= 4 is 34.8 Å². The van der Waals surface area contributed by atoms with E-state index in [1.807, 2.05) is 37.3 Å². The third kappa shape index (κ3) is 3.05. The van der Waals surface area contributed by atoms with Crippen molar-refractivity contribution in [2.24, 2.45) is 0 Å². The van der Waals surface area contributed by atoms with E-state index in [2.05, 4.69) is 10.5 Å². The molecule has 2 heterocycles. The number of rotatable bonds is 2. The second kappa shape index (κ2) is 7.13. The monoisotopic (exact) mass is 395 g/mol. The number of amides is 2. The highest BCUT2D eigenvalue weighted by Crippen LogP contribution is 2.36. The van der Waals surface area contributed by atoms with Crippen molar-refractivity contribution in [1.29, 1.82) is 0 Å². The number of benzene rings is 2. The lowest BCUT2D eigenvalue weighted by Crippen LogP contribution is -2.39. The minimum atomic E-state index is -0.343. The van der Waals surface area contributed by atoms with Crippen LogP contribution >= 0.6 is 11.6 Å². The SMILES string of the molecule is Cc1onc(-c2ccccc2Cl)c1C(=O)N1c2ccccc2NC(=O)C[C@@H]1C. The summed E-state index contributed by atoms with van der Waals surface area (Å²) in [5.41, 5.74) is 2.58. The van der Waals surface area contributed by atoms with Gasteiger partial charge in [0.25, 0.3) is 5.91 Å². The van der Waals surface area contributed by atoms with Crippen molar-refractivity contribution in [1.82, 2.24) is 5.16 Å². The third-order valence-electron chi connectivity index (χ3n) is 4.78. The molecular weight excluding hydrogens is 378 g/mol. The average molecular weight is 396 g/mol. The summed E-state index contributed by atoms with van der Waals surface area (Å²) in [5.74, 6) is -0.0260. The lowest BCUT2D eigenvalue weighted by Gasteiger charge is -2.27. The molecule has 1 atom stereocenters. The minimum Gasteiger partial charge on any atom is -0.360 e. The van der Waals surface area contributed by atoms with E-state index in [0.29, 0.717) is 39.0 Å². The molecule has 0 saturated heterocycles. The Morgan fingerprint density at radius 2 is 1.93 bits per heavy atom. The maximum atomic E-state index is 13.7. The van der Waals surface area contributed by atoms with Gasteiger partial charge in [-0.15, -0.1) is 0 Å². The van der Waals surface area contributed by atoms with E-state index < -0.39 is 0 Å². The number of hydrogen-bond acceptors (Lipinski definition) is 4. The number of aromatic nitrogens is 1. The number of fused-ring (bicyclic) bond motifs is 1. The maximum absolute atomic E-state index is 13.7. The lowest BCUT2D eigenvalue weighted by molar-refractivity contribution is -0.116. The van der Waals surface area contributed by atoms with Gasteiger partial charge in [0, 0.05) is 18.0 Å². The number of halogens is 1. The Morgan fingerprint density at radius 3 is 2.71 bits per heavy atom. The summed E-state index contributed by atoms with van der Waals surface area (Å²) >= 11 is 6.32. The standard InChI is InChI=1S/C21H18ClN3O3/c1-12-11-18(26)23-16-9-5-6-10-17(16)25(12)21(27)19-13(2)28-24-20(19)14-7-3-4-8-15(14)22/h3-10,12H,11H2,1-2H3,(H,23,26)/t12-/m0/s1. The molecule has 0 fully saturated rings. The molecule has 7 heteroatoms. The van der Waals surface area contributed by atoms with Gasteiger partial charge in [-0.1, -0.05) is 47.1 Å². The van der Waals surface area contributed by atoms with Gasteiger partial charge in [0.1, 0.15) is 17.0 Å². The summed E-state index contributed by atoms with van der Waals surface area (Å²) in [5, 5.41) is 7.43. The van der Waals surface area contributed by atoms with Crippen LogP contribution in [0.5, 0.6) is 0 Å². The molecule has 0 bridgehead atoms. The molecule has 1 aromatic heterocycles. The molecule has 4 rings (SSSR count). The number of hydrogen-bond donors (Lipinski definition) is 1. The number of para-hydroxylation sites is 2. The predicted molar refractivity (Wildman–Crippen MR) is 108 cm³/mol. The number of nitrogens with one attached hydrogen (secondary N) is 1. The summed E-state index contributed by atoms with van der Waals surface area (Å²) in [6.07, 6.45) is 0.187. The molecule has 0 spiro atoms. The van der Waals surface area contributed by atoms with Gasteiger partial charge in [-0.3, -0.25) is 9.59 Å². The first-order valence-electron chi connectivity index (χ1n) is 8.91. The van der Waals surface area contributed by atoms with E-state index in [4.69, 9.17) is 16.1 Å². The Hall–Kier alpha value is -3.12. The van der Waals surface area contributed by atoms with Crippen molar-refractivity contribution in [2.75, 3.05) is 10.2 Å². The molecule has 2 aromatic carbocycles. The zero-order valence-electron chi connectivity index (χ0n) is 15.4. The lowest BCUT2D eigenvalue weighted by atomic mass is 10.0. The van der Waals surface area contributed by atoms with Crippen LogP contribution in [-0.2, 0) is 4.79 Å². The highest BCUT2D eigenvalue weighted by atomic mass is 35.5. The van der Waals surface area contributed by atoms with Gasteiger partial charge in [-0.25, -0.2) is 0 Å². The van der Waals surface area contributed by atoms with Gasteiger partial charge in [0.2, 0.25) is 5.91 Å². The van der Waals surface area contributed by atoms with Gasteiger partial charge < -0.3 is 14.7 Å². The minimum absolute atomic E-state index is 0.136. The van der Waals surface area contributed by atoms with E-state index >= 15 is 0 Å². The van der Waals surface area contributed by atoms with Crippen LogP contribution in [0, 0.1) is 6.92 Å². The van der Waals surface area contributed by atoms with Gasteiger partial charge in [0.05, 0.1) is 16.4 Å². The zero-order chi connectivity index (χ0) is 19.8. The Labute approximate surface area is 167 Å². The summed E-state index contributed by atoms with van der Waals surface area (Å²) < 4.78 is 5.35. The predicted octanol–water partition coefficient (Wildman–Crippen LogP) is 4.68. The Morgan fingerprint density at radius 1 is 1.21 bits per heavy atom. The Kier molecular flexibility index (Phi) is 4.65. The number of carbonyl (C=O) groups is 2. The summed E-state index contributed by atoms with van der Waals surface area (Å²) in [6, 6.07) is 14.1. The molecule has 1 aliphatic heterocycles. The fraction of sp³-hybridized carbons (Fsp3) is 0.190. The number of nitrogens with zero attached hydrogens (tertiary/aromatic N) is 2. The van der Waals surface area contributed by atoms with Crippen LogP contribution in [0.1, 0.15) is 29.5 Å². The molecule has 6 nitrogen and oxygen atoms in total. The number of aryl methyl sites for hydroxylation is 1. The van der Waals surface area contributed by atoms with Crippen molar-refractivity contribution in [3.63, 3.8) is 0 Å². The van der Waals surface area contributed by atoms with Crippen molar-refractivity contribution in [2.45, 2.75) is 26.3 Å². The van der Waals surface area contributed by atoms with Crippen LogP contribution in [0.25, 0.3) is 11.3 Å². The Bertz CT molecular complexity index is 1080. The first-order valence-corrected chi connectivity index (χ1v) is 9.28. The van der Waals surface area contributed by atoms with Gasteiger partial charge in [-0.2, -0.15) is 0 Å². The molecule has 2 amide bonds. The van der Waals surface area contributed by atoms with Crippen LogP contribution in [0.2, 0.25) is 5.02 Å². The van der Waals surface area contributed by atoms with E-state index in [-0.39, 0.29) is 24.3 Å². The molecule has 0 saturated carbocycles. The fourth-order valence-corrected chi connectivity index (χ4v) is 3.70. The van der Waals surface area contributed by atoms with Gasteiger partial charge >= 0.3 is 0 Å². The number of anilines is 2. The highest BCUT2D eigenvalue weighted by Gasteiger charge is 2.34. The smallest absolute Gasteiger partial charge is 0.264 e. The second-order valence-corrected chi connectivity index (χ2v) is 7.14. The van der Waals surface area contributed by atoms with E-state index in [0.717, 1.165) is 0 Å². The van der Waals surface area contributed by atoms with Crippen molar-refractivity contribution < 1.29 is 14.1 Å². The molecule has 0 radical (unpaired) electrons. The fourth-order valence-electron chi connectivity index (χ4n) is 3.48. The summed E-state index contributed by atoms with van der Waals surface area (Å²) in [7, 11) is 0. The van der Waals surface area contributed by atoms with Crippen LogP contribution in [0.15, 0.2) is 53.1 Å². The maximum Gasteiger partial charge on any atom is 0.264 e. The molecule has 0 aliphatic carbocycles. The van der Waals surface area contributed by atoms with Gasteiger partial charge in [-0.05, 0) is 32.0 Å². The molecular formula is C21H18ClN3O3. The van der Waals surface area contributed by atoms with Crippen LogP contribution < -0.4 is 10.2 Å². The number of carbonyl (C=O) groups excluding carboxylic acids is 2. The normalized spacial score (nSPS) is 16.3. The second-order valence-electron chi connectivity index (χ2n) is 6.74. The average Bonchev–Trinajstić information content (AvgIpc) is 2.98. The topological polar surface area (TPSA) is 75.4 Å². The first kappa shape index (κ1) is 18.3.